The van der Waals surface area contributed by atoms with E-state index in [0.29, 0.717) is 5.69 Å². The first-order chi connectivity index (χ1) is 7.96. The average Bonchev–Trinajstić information content (AvgIpc) is 2.59. The molecule has 0 bridgehead atoms. The van der Waals surface area contributed by atoms with Gasteiger partial charge in [-0.25, -0.2) is 0 Å². The van der Waals surface area contributed by atoms with Crippen LogP contribution >= 0.6 is 0 Å². The minimum Gasteiger partial charge on any atom is -0.399 e. The summed E-state index contributed by atoms with van der Waals surface area (Å²) in [5.74, 6) is 0. The van der Waals surface area contributed by atoms with Crippen LogP contribution in [0.25, 0.3) is 0 Å². The zero-order chi connectivity index (χ0) is 12.5. The van der Waals surface area contributed by atoms with Crippen molar-refractivity contribution < 1.29 is 18.0 Å². The Morgan fingerprint density at radius 3 is 2.88 bits per heavy atom. The lowest BCUT2D eigenvalue weighted by molar-refractivity contribution is -0.193. The number of nitrogen functional groups attached to an aromatic ring is 1. The monoisotopic (exact) mass is 246 g/mol. The van der Waals surface area contributed by atoms with E-state index in [1.165, 1.54) is 0 Å². The van der Waals surface area contributed by atoms with Crippen molar-refractivity contribution in [2.24, 2.45) is 0 Å². The average molecular weight is 246 g/mol. The molecule has 0 aliphatic heterocycles. The van der Waals surface area contributed by atoms with Crippen molar-refractivity contribution in [3.8, 4) is 0 Å². The molecule has 0 fully saturated rings. The summed E-state index contributed by atoms with van der Waals surface area (Å²) < 4.78 is 35.7. The predicted octanol–water partition coefficient (Wildman–Crippen LogP) is 2.34. The van der Waals surface area contributed by atoms with E-state index in [9.17, 15) is 13.2 Å². The molecule has 3 nitrogen and oxygen atoms in total. The first kappa shape index (κ1) is 12.2. The highest BCUT2D eigenvalue weighted by atomic mass is 19.4. The predicted molar refractivity (Wildman–Crippen MR) is 57.1 cm³/mol. The number of halogens is 3. The van der Waals surface area contributed by atoms with Gasteiger partial charge in [-0.3, -0.25) is 4.84 Å². The van der Waals surface area contributed by atoms with E-state index in [1.54, 1.807) is 6.07 Å². The number of nitrogens with two attached hydrogens (primary N) is 1. The second kappa shape index (κ2) is 4.54. The Balaban J connectivity index is 1.94. The lowest BCUT2D eigenvalue weighted by Crippen LogP contribution is -2.27. The SMILES string of the molecule is Nc1ccc2c(c1)CCC2NOCC(F)(F)F. The summed E-state index contributed by atoms with van der Waals surface area (Å²) in [5, 5.41) is 0. The normalized spacial score (nSPS) is 19.4. The van der Waals surface area contributed by atoms with Crippen LogP contribution < -0.4 is 11.2 Å². The second-order valence-electron chi connectivity index (χ2n) is 4.07. The number of anilines is 1. The van der Waals surface area contributed by atoms with Crippen molar-refractivity contribution in [3.63, 3.8) is 0 Å². The van der Waals surface area contributed by atoms with Gasteiger partial charge in [-0.05, 0) is 36.1 Å². The van der Waals surface area contributed by atoms with E-state index in [-0.39, 0.29) is 6.04 Å². The van der Waals surface area contributed by atoms with Gasteiger partial charge in [-0.15, -0.1) is 0 Å². The number of hydroxylamine groups is 1. The molecule has 0 radical (unpaired) electrons. The summed E-state index contributed by atoms with van der Waals surface area (Å²) in [5.41, 5.74) is 10.8. The zero-order valence-corrected chi connectivity index (χ0v) is 9.05. The molecule has 1 atom stereocenters. The molecule has 1 unspecified atom stereocenters. The fraction of sp³-hybridized carbons (Fsp3) is 0.455. The van der Waals surface area contributed by atoms with Gasteiger partial charge >= 0.3 is 6.18 Å². The maximum atomic E-state index is 11.9. The minimum atomic E-state index is -4.31. The van der Waals surface area contributed by atoms with Gasteiger partial charge in [0.25, 0.3) is 0 Å². The molecule has 1 aromatic rings. The Morgan fingerprint density at radius 1 is 1.41 bits per heavy atom. The molecular weight excluding hydrogens is 233 g/mol. The van der Waals surface area contributed by atoms with Crippen molar-refractivity contribution in [2.75, 3.05) is 12.3 Å². The summed E-state index contributed by atoms with van der Waals surface area (Å²) in [7, 11) is 0. The van der Waals surface area contributed by atoms with Gasteiger partial charge < -0.3 is 5.73 Å². The highest BCUT2D eigenvalue weighted by Gasteiger charge is 2.29. The Hall–Kier alpha value is -1.27. The van der Waals surface area contributed by atoms with Crippen LogP contribution in [-0.2, 0) is 11.3 Å². The van der Waals surface area contributed by atoms with Crippen molar-refractivity contribution in [1.82, 2.24) is 5.48 Å². The van der Waals surface area contributed by atoms with Crippen molar-refractivity contribution >= 4 is 5.69 Å². The van der Waals surface area contributed by atoms with E-state index < -0.39 is 12.8 Å². The molecule has 0 heterocycles. The van der Waals surface area contributed by atoms with E-state index in [0.717, 1.165) is 24.0 Å². The van der Waals surface area contributed by atoms with Crippen molar-refractivity contribution in [3.05, 3.63) is 29.3 Å². The van der Waals surface area contributed by atoms with E-state index in [4.69, 9.17) is 5.73 Å². The third kappa shape index (κ3) is 3.10. The molecule has 1 aliphatic carbocycles. The number of hydrogen-bond donors (Lipinski definition) is 2. The largest absolute Gasteiger partial charge is 0.413 e. The molecule has 0 spiro atoms. The van der Waals surface area contributed by atoms with Gasteiger partial charge in [-0.1, -0.05) is 6.07 Å². The van der Waals surface area contributed by atoms with E-state index in [1.807, 2.05) is 12.1 Å². The smallest absolute Gasteiger partial charge is 0.399 e. The lowest BCUT2D eigenvalue weighted by atomic mass is 10.1. The molecule has 17 heavy (non-hydrogen) atoms. The Kier molecular flexibility index (Phi) is 3.26. The molecule has 0 saturated carbocycles. The number of rotatable bonds is 3. The second-order valence-corrected chi connectivity index (χ2v) is 4.07. The Labute approximate surface area is 96.7 Å². The van der Waals surface area contributed by atoms with Gasteiger partial charge in [0.2, 0.25) is 0 Å². The van der Waals surface area contributed by atoms with Crippen LogP contribution in [0.3, 0.4) is 0 Å². The van der Waals surface area contributed by atoms with Gasteiger partial charge in [0.05, 0.1) is 6.04 Å². The molecule has 3 N–H and O–H groups in total. The van der Waals surface area contributed by atoms with Crippen LogP contribution in [0.4, 0.5) is 18.9 Å². The number of alkyl halides is 3. The summed E-state index contributed by atoms with van der Waals surface area (Å²) in [6.07, 6.45) is -2.79. The molecule has 94 valence electrons. The van der Waals surface area contributed by atoms with Crippen LogP contribution in [0.15, 0.2) is 18.2 Å². The molecular formula is C11H13F3N2O. The van der Waals surface area contributed by atoms with Gasteiger partial charge in [0.15, 0.2) is 6.61 Å². The van der Waals surface area contributed by atoms with E-state index >= 15 is 0 Å². The number of fused-ring (bicyclic) bond motifs is 1. The van der Waals surface area contributed by atoms with Crippen LogP contribution in [-0.4, -0.2) is 12.8 Å². The number of aryl methyl sites for hydroxylation is 1. The number of benzene rings is 1. The molecule has 1 aliphatic rings. The first-order valence-corrected chi connectivity index (χ1v) is 5.28. The third-order valence-corrected chi connectivity index (χ3v) is 2.71. The summed E-state index contributed by atoms with van der Waals surface area (Å²) >= 11 is 0. The minimum absolute atomic E-state index is 0.187. The van der Waals surface area contributed by atoms with Crippen LogP contribution in [0, 0.1) is 0 Å². The van der Waals surface area contributed by atoms with Crippen molar-refractivity contribution in [1.29, 1.82) is 0 Å². The van der Waals surface area contributed by atoms with Gasteiger partial charge in [0.1, 0.15) is 0 Å². The molecule has 2 rings (SSSR count). The number of hydrogen-bond acceptors (Lipinski definition) is 3. The molecule has 0 saturated heterocycles. The fourth-order valence-electron chi connectivity index (χ4n) is 1.98. The lowest BCUT2D eigenvalue weighted by Gasteiger charge is -2.15. The van der Waals surface area contributed by atoms with Crippen LogP contribution in [0.5, 0.6) is 0 Å². The van der Waals surface area contributed by atoms with Gasteiger partial charge in [-0.2, -0.15) is 18.7 Å². The topological polar surface area (TPSA) is 47.3 Å². The molecule has 0 aromatic heterocycles. The highest BCUT2D eigenvalue weighted by molar-refractivity contribution is 5.47. The Morgan fingerprint density at radius 2 is 2.18 bits per heavy atom. The quantitative estimate of drug-likeness (QED) is 0.635. The summed E-state index contributed by atoms with van der Waals surface area (Å²) in [4.78, 5) is 4.46. The van der Waals surface area contributed by atoms with Crippen molar-refractivity contribution in [2.45, 2.75) is 25.1 Å². The van der Waals surface area contributed by atoms with Gasteiger partial charge in [0, 0.05) is 5.69 Å². The molecule has 0 amide bonds. The Bertz CT molecular complexity index is 406. The zero-order valence-electron chi connectivity index (χ0n) is 9.05. The summed E-state index contributed by atoms with van der Waals surface area (Å²) in [6.45, 7) is -1.28. The molecule has 6 heteroatoms. The maximum absolute atomic E-state index is 11.9. The highest BCUT2D eigenvalue weighted by Crippen LogP contribution is 2.32. The third-order valence-electron chi connectivity index (χ3n) is 2.71. The summed E-state index contributed by atoms with van der Waals surface area (Å²) in [6, 6.07) is 5.23. The number of nitrogens with one attached hydrogen (secondary N) is 1. The van der Waals surface area contributed by atoms with Crippen LogP contribution in [0.1, 0.15) is 23.6 Å². The fourth-order valence-corrected chi connectivity index (χ4v) is 1.98. The van der Waals surface area contributed by atoms with Crippen LogP contribution in [0.2, 0.25) is 0 Å². The standard InChI is InChI=1S/C11H13F3N2O/c12-11(13,14)6-17-16-10-4-1-7-5-8(15)2-3-9(7)10/h2-3,5,10,16H,1,4,6,15H2. The first-order valence-electron chi connectivity index (χ1n) is 5.28. The van der Waals surface area contributed by atoms with E-state index in [2.05, 4.69) is 10.3 Å². The maximum Gasteiger partial charge on any atom is 0.413 e. The molecule has 1 aromatic carbocycles.